The van der Waals surface area contributed by atoms with Crippen LogP contribution in [0.4, 0.5) is 102 Å². The molecule has 0 aliphatic rings. The molecule has 0 fully saturated rings. The van der Waals surface area contributed by atoms with E-state index in [0.29, 0.717) is 0 Å². The molecule has 0 atom stereocenters. The molecule has 141 heavy (non-hydrogen) atoms. The lowest BCUT2D eigenvalue weighted by atomic mass is 9.91. The summed E-state index contributed by atoms with van der Waals surface area (Å²) in [5, 5.41) is 27.2. The van der Waals surface area contributed by atoms with Crippen LogP contribution in [0.3, 0.4) is 0 Å². The summed E-state index contributed by atoms with van der Waals surface area (Å²) >= 11 is 0. The minimum Gasteiger partial charge on any atom is -0.310 e. The third kappa shape index (κ3) is 17.1. The van der Waals surface area contributed by atoms with E-state index in [2.05, 4.69) is 582 Å². The van der Waals surface area contributed by atoms with Gasteiger partial charge in [-0.1, -0.05) is 378 Å². The molecule has 0 radical (unpaired) electrons. The summed E-state index contributed by atoms with van der Waals surface area (Å²) in [4.78, 5) is 14.6. The number of aryl methyl sites for hydroxylation is 3. The Morgan fingerprint density at radius 2 is 0.397 bits per heavy atom. The molecule has 0 N–H and O–H groups in total. The highest BCUT2D eigenvalue weighted by molar-refractivity contribution is 6.90. The van der Waals surface area contributed by atoms with E-state index in [-0.39, 0.29) is 0 Å². The fourth-order valence-corrected chi connectivity index (χ4v) is 25.2. The van der Waals surface area contributed by atoms with Crippen molar-refractivity contribution in [1.29, 1.82) is 0 Å². The van der Waals surface area contributed by atoms with E-state index in [1.807, 2.05) is 0 Å². The Balaban J connectivity index is 0.000000121. The normalized spacial score (nSPS) is 11.8. The van der Waals surface area contributed by atoms with Crippen LogP contribution in [0, 0.1) is 20.8 Å². The van der Waals surface area contributed by atoms with Gasteiger partial charge in [0.25, 0.3) is 0 Å². The van der Waals surface area contributed by atoms with E-state index < -0.39 is 24.2 Å². The molecule has 684 valence electrons. The first-order valence-electron chi connectivity index (χ1n) is 49.4. The predicted octanol–water partition coefficient (Wildman–Crippen LogP) is 37.1. The zero-order valence-electron chi connectivity index (χ0n) is 82.2. The highest BCUT2D eigenvalue weighted by atomic mass is 28.3. The lowest BCUT2D eigenvalue weighted by Crippen LogP contribution is -2.40. The number of para-hydroxylation sites is 8. The second-order valence-corrected chi connectivity index (χ2v) is 55.8. The van der Waals surface area contributed by atoms with Gasteiger partial charge in [-0.2, -0.15) is 0 Å². The second-order valence-electron chi connectivity index (χ2n) is 40.6. The molecule has 0 saturated heterocycles. The van der Waals surface area contributed by atoms with Gasteiger partial charge in [-0.3, -0.25) is 0 Å². The van der Waals surface area contributed by atoms with E-state index in [1.165, 1.54) is 192 Å². The minimum absolute atomic E-state index is 1.14. The van der Waals surface area contributed by atoms with Crippen LogP contribution in [0.15, 0.2) is 473 Å². The van der Waals surface area contributed by atoms with Crippen molar-refractivity contribution in [2.45, 2.75) is 79.7 Å². The van der Waals surface area contributed by atoms with Crippen molar-refractivity contribution in [1.82, 2.24) is 0 Å². The highest BCUT2D eigenvalue weighted by Gasteiger charge is 2.31. The monoisotopic (exact) mass is 1870 g/mol. The molecule has 0 aliphatic heterocycles. The van der Waals surface area contributed by atoms with Crippen molar-refractivity contribution >= 4 is 239 Å². The fourth-order valence-electron chi connectivity index (χ4n) is 21.3. The Kier molecular flexibility index (Phi) is 23.8. The van der Waals surface area contributed by atoms with Gasteiger partial charge in [-0.25, -0.2) is 0 Å². The van der Waals surface area contributed by atoms with Crippen LogP contribution in [0.5, 0.6) is 0 Å². The van der Waals surface area contributed by atoms with Gasteiger partial charge in [-0.15, -0.1) is 0 Å². The third-order valence-corrected chi connectivity index (χ3v) is 34.4. The Morgan fingerprint density at radius 3 is 0.716 bits per heavy atom. The Morgan fingerprint density at radius 1 is 0.149 bits per heavy atom. The first-order chi connectivity index (χ1) is 68.6. The summed E-state index contributed by atoms with van der Waals surface area (Å²) in [6.45, 7) is 28.3. The summed E-state index contributed by atoms with van der Waals surface area (Å²) < 4.78 is 0. The summed E-state index contributed by atoms with van der Waals surface area (Å²) in [5.41, 5.74) is 24.9. The zero-order valence-corrected chi connectivity index (χ0v) is 85.2. The molecule has 0 unspecified atom stereocenters. The molecule has 24 aromatic carbocycles. The van der Waals surface area contributed by atoms with Crippen molar-refractivity contribution in [2.24, 2.45) is 0 Å². The molecule has 0 bridgehead atoms. The van der Waals surface area contributed by atoms with Crippen molar-refractivity contribution in [3.05, 3.63) is 490 Å². The van der Waals surface area contributed by atoms with E-state index in [0.717, 1.165) is 39.8 Å². The van der Waals surface area contributed by atoms with Gasteiger partial charge in [0.15, 0.2) is 0 Å². The molecular weight excluding hydrogens is 1750 g/mol. The Hall–Kier alpha value is -16.1. The molecule has 0 aliphatic carbocycles. The molecule has 24 aromatic rings. The van der Waals surface area contributed by atoms with Crippen LogP contribution in [-0.4, -0.2) is 24.2 Å². The van der Waals surface area contributed by atoms with Crippen LogP contribution >= 0.6 is 0 Å². The van der Waals surface area contributed by atoms with Crippen molar-refractivity contribution in [3.63, 3.8) is 0 Å². The fraction of sp³-hybridized carbons (Fsp3) is 0.0909. The van der Waals surface area contributed by atoms with Crippen LogP contribution in [0.2, 0.25) is 58.9 Å². The highest BCUT2D eigenvalue weighted by Crippen LogP contribution is 2.54. The number of hydrogen-bond acceptors (Lipinski definition) is 6. The van der Waals surface area contributed by atoms with Crippen LogP contribution in [0.1, 0.15) is 16.7 Å². The lowest BCUT2D eigenvalue weighted by molar-refractivity contribution is 1.26. The summed E-state index contributed by atoms with van der Waals surface area (Å²) in [6, 6.07) is 174. The van der Waals surface area contributed by atoms with Gasteiger partial charge < -0.3 is 29.4 Å². The molecule has 0 aromatic heterocycles. The van der Waals surface area contributed by atoms with E-state index in [4.69, 9.17) is 0 Å². The average Bonchev–Trinajstić information content (AvgIpc) is 0.725. The van der Waals surface area contributed by atoms with Gasteiger partial charge in [0.05, 0.1) is 58.3 Å². The standard InChI is InChI=1S/3C44H38N2Si/c1-31-13-11-18-36(29-31)45(34-14-7-5-8-15-34)41-27-23-32-22-26-40-42(28-24-33-21-25-39(41)43(32)44(33)40)46(35-16-9-6-10-17-35)37-19-12-20-38(30-37)47(2,3)4;1-31-15-11-12-20-38(31)45(34-16-7-5-8-17-34)39-29-25-32-24-28-37-40(30-26-33-23-27-36(39)43(32)44(33)37)46(35-18-9-6-10-19-35)41-21-13-14-22-42(41)47(2,3)4;1-31-15-21-36(22-16-31)45(34-11-7-5-8-12-34)41-29-19-32-18-28-40-42(30-20-33-17-27-39(41)43(32)44(33)40)46(35-13-9-6-10-14-35)37-23-25-38(26-24-37)47(2,3)4/h3*5-30H,1-4H3. The first kappa shape index (κ1) is 90.0. The van der Waals surface area contributed by atoms with Crippen LogP contribution < -0.4 is 45.0 Å². The summed E-state index contributed by atoms with van der Waals surface area (Å²) in [5.74, 6) is 0. The first-order valence-corrected chi connectivity index (χ1v) is 59.9. The van der Waals surface area contributed by atoms with Gasteiger partial charge >= 0.3 is 0 Å². The molecule has 0 spiro atoms. The second kappa shape index (κ2) is 37.3. The number of anilines is 18. The third-order valence-electron chi connectivity index (χ3n) is 28.2. The smallest absolute Gasteiger partial charge is 0.0803 e. The van der Waals surface area contributed by atoms with Crippen LogP contribution in [-0.2, 0) is 0 Å². The maximum absolute atomic E-state index is 2.49. The van der Waals surface area contributed by atoms with Crippen molar-refractivity contribution in [2.75, 3.05) is 29.4 Å². The number of nitrogens with zero attached hydrogens (tertiary/aromatic N) is 6. The van der Waals surface area contributed by atoms with Gasteiger partial charge in [0.2, 0.25) is 0 Å². The lowest BCUT2D eigenvalue weighted by Gasteiger charge is -2.32. The number of benzene rings is 24. The van der Waals surface area contributed by atoms with Crippen LogP contribution in [0.25, 0.3) is 97.0 Å². The van der Waals surface area contributed by atoms with E-state index in [1.54, 1.807) is 0 Å². The van der Waals surface area contributed by atoms with E-state index >= 15 is 0 Å². The molecule has 0 amide bonds. The molecule has 24 rings (SSSR count). The Labute approximate surface area is 831 Å². The van der Waals surface area contributed by atoms with Crippen molar-refractivity contribution < 1.29 is 0 Å². The summed E-state index contributed by atoms with van der Waals surface area (Å²) in [6.07, 6.45) is 0. The summed E-state index contributed by atoms with van der Waals surface area (Å²) in [7, 11) is -4.63. The topological polar surface area (TPSA) is 19.4 Å². The maximum atomic E-state index is 2.49. The maximum Gasteiger partial charge on any atom is 0.0803 e. The molecule has 9 heteroatoms. The zero-order chi connectivity index (χ0) is 96.4. The molecule has 0 saturated carbocycles. The quantitative estimate of drug-likeness (QED) is 0.0524. The minimum atomic E-state index is -1.67. The molecule has 0 heterocycles. The van der Waals surface area contributed by atoms with Gasteiger partial charge in [0.1, 0.15) is 0 Å². The average molecular weight is 1870 g/mol. The molecule has 6 nitrogen and oxygen atoms in total. The van der Waals surface area contributed by atoms with Gasteiger partial charge in [0, 0.05) is 101 Å². The number of rotatable bonds is 21. The van der Waals surface area contributed by atoms with E-state index in [9.17, 15) is 0 Å². The van der Waals surface area contributed by atoms with Crippen molar-refractivity contribution in [3.8, 4) is 0 Å². The predicted molar refractivity (Wildman–Crippen MR) is 622 cm³/mol. The van der Waals surface area contributed by atoms with Gasteiger partial charge in [-0.05, 0) is 272 Å². The Bertz CT molecular complexity index is 8640. The molecular formula is C132H114N6Si3. The largest absolute Gasteiger partial charge is 0.310 e. The number of hydrogen-bond donors (Lipinski definition) is 0. The SMILES string of the molecule is Cc1ccc(N(c2ccccc2)c2ccc3ccc4c(N(c5ccccc5)c5ccc([Si](C)(C)C)cc5)ccc5ccc2c3c54)cc1.Cc1cccc(N(c2ccccc2)c2ccc3ccc4c(N(c5ccccc5)c5cccc([Si](C)(C)C)c5)ccc5ccc2c3c54)c1.Cc1ccccc1N(c1ccccc1)c1ccc2ccc3c(N(c4ccccc4)c4ccccc4[Si](C)(C)C)ccc4ccc1c2c43.